The van der Waals surface area contributed by atoms with Crippen molar-refractivity contribution in [3.8, 4) is 5.75 Å². The summed E-state index contributed by atoms with van der Waals surface area (Å²) in [5, 5.41) is 18.8. The minimum Gasteiger partial charge on any atom is -0.508 e. The highest BCUT2D eigenvalue weighted by Crippen LogP contribution is 2.41. The molecule has 2 rings (SSSR count). The van der Waals surface area contributed by atoms with Crippen LogP contribution in [-0.4, -0.2) is 34.0 Å². The zero-order valence-electron chi connectivity index (χ0n) is 12.2. The monoisotopic (exact) mass is 291 g/mol. The Hall–Kier alpha value is -2.04. The Morgan fingerprint density at radius 2 is 1.95 bits per heavy atom. The molecule has 1 amide bonds. The lowest BCUT2D eigenvalue weighted by Gasteiger charge is -2.26. The van der Waals surface area contributed by atoms with Gasteiger partial charge in [0.15, 0.2) is 0 Å². The zero-order chi connectivity index (χ0) is 15.5. The molecule has 0 unspecified atom stereocenters. The molecule has 2 N–H and O–H groups in total. The van der Waals surface area contributed by atoms with E-state index < -0.39 is 11.4 Å². The first-order valence-electron chi connectivity index (χ1n) is 7.18. The maximum absolute atomic E-state index is 12.3. The number of hydrogen-bond acceptors (Lipinski definition) is 3. The molecule has 1 aliphatic carbocycles. The van der Waals surface area contributed by atoms with Gasteiger partial charge >= 0.3 is 5.97 Å². The van der Waals surface area contributed by atoms with Crippen molar-refractivity contribution in [1.29, 1.82) is 0 Å². The van der Waals surface area contributed by atoms with Crippen LogP contribution < -0.4 is 0 Å². The summed E-state index contributed by atoms with van der Waals surface area (Å²) in [6, 6.07) is 6.72. The van der Waals surface area contributed by atoms with Crippen molar-refractivity contribution >= 4 is 11.9 Å². The van der Waals surface area contributed by atoms with Gasteiger partial charge in [-0.05, 0) is 30.5 Å². The summed E-state index contributed by atoms with van der Waals surface area (Å²) in [6.07, 6.45) is 2.95. The number of carboxylic acids is 1. The van der Waals surface area contributed by atoms with E-state index in [1.54, 1.807) is 25.2 Å². The van der Waals surface area contributed by atoms with Gasteiger partial charge in [-0.15, -0.1) is 0 Å². The number of rotatable bonds is 5. The molecular formula is C16H21NO4. The number of carbonyl (C=O) groups is 2. The van der Waals surface area contributed by atoms with Gasteiger partial charge in [0.1, 0.15) is 5.75 Å². The molecule has 1 aliphatic rings. The van der Waals surface area contributed by atoms with Crippen LogP contribution >= 0.6 is 0 Å². The van der Waals surface area contributed by atoms with E-state index in [0.717, 1.165) is 18.4 Å². The van der Waals surface area contributed by atoms with Crippen LogP contribution in [0.4, 0.5) is 0 Å². The third kappa shape index (κ3) is 3.54. The number of hydrogen-bond donors (Lipinski definition) is 2. The molecule has 0 radical (unpaired) electrons. The fourth-order valence-corrected chi connectivity index (χ4v) is 2.96. The van der Waals surface area contributed by atoms with Gasteiger partial charge in [-0.25, -0.2) is 0 Å². The van der Waals surface area contributed by atoms with Gasteiger partial charge in [-0.3, -0.25) is 9.59 Å². The molecule has 114 valence electrons. The lowest BCUT2D eigenvalue weighted by Crippen LogP contribution is -2.36. The second-order valence-corrected chi connectivity index (χ2v) is 5.89. The van der Waals surface area contributed by atoms with Gasteiger partial charge in [0.2, 0.25) is 5.91 Å². The smallest absolute Gasteiger partial charge is 0.310 e. The van der Waals surface area contributed by atoms with Crippen LogP contribution in [-0.2, 0) is 16.1 Å². The molecule has 1 fully saturated rings. The van der Waals surface area contributed by atoms with E-state index >= 15 is 0 Å². The molecule has 5 nitrogen and oxygen atoms in total. The highest BCUT2D eigenvalue weighted by Gasteiger charge is 2.43. The van der Waals surface area contributed by atoms with Crippen molar-refractivity contribution in [3.63, 3.8) is 0 Å². The molecule has 5 heteroatoms. The second-order valence-electron chi connectivity index (χ2n) is 5.89. The van der Waals surface area contributed by atoms with E-state index in [4.69, 9.17) is 0 Å². The minimum atomic E-state index is -0.885. The third-order valence-corrected chi connectivity index (χ3v) is 4.26. The van der Waals surface area contributed by atoms with Gasteiger partial charge in [-0.2, -0.15) is 0 Å². The van der Waals surface area contributed by atoms with Crippen LogP contribution in [0.3, 0.4) is 0 Å². The van der Waals surface area contributed by atoms with Gasteiger partial charge in [-0.1, -0.05) is 25.0 Å². The van der Waals surface area contributed by atoms with Gasteiger partial charge in [0.05, 0.1) is 5.41 Å². The lowest BCUT2D eigenvalue weighted by molar-refractivity contribution is -0.153. The number of nitrogens with zero attached hydrogens (tertiary/aromatic N) is 1. The zero-order valence-corrected chi connectivity index (χ0v) is 12.2. The van der Waals surface area contributed by atoms with Crippen LogP contribution in [0.5, 0.6) is 5.75 Å². The first-order valence-corrected chi connectivity index (χ1v) is 7.18. The Labute approximate surface area is 124 Å². The molecule has 0 heterocycles. The molecule has 0 spiro atoms. The van der Waals surface area contributed by atoms with Crippen molar-refractivity contribution in [2.75, 3.05) is 7.05 Å². The summed E-state index contributed by atoms with van der Waals surface area (Å²) in [5.74, 6) is -0.868. The first kappa shape index (κ1) is 15.4. The fourth-order valence-electron chi connectivity index (χ4n) is 2.96. The normalized spacial score (nSPS) is 16.6. The Kier molecular flexibility index (Phi) is 4.50. The fraction of sp³-hybridized carbons (Fsp3) is 0.500. The molecule has 0 saturated heterocycles. The summed E-state index contributed by atoms with van der Waals surface area (Å²) < 4.78 is 0. The Morgan fingerprint density at radius 3 is 2.52 bits per heavy atom. The Bertz CT molecular complexity index is 535. The number of amides is 1. The van der Waals surface area contributed by atoms with Crippen LogP contribution in [0.1, 0.15) is 37.7 Å². The quantitative estimate of drug-likeness (QED) is 0.873. The molecule has 1 aromatic carbocycles. The number of phenolic OH excluding ortho intramolecular Hbond substituents is 1. The third-order valence-electron chi connectivity index (χ3n) is 4.26. The summed E-state index contributed by atoms with van der Waals surface area (Å²) in [5.41, 5.74) is -0.0638. The predicted molar refractivity (Wildman–Crippen MR) is 77.7 cm³/mol. The SMILES string of the molecule is CN(Cc1cccc(O)c1)C(=O)CC1(C(=O)O)CCCC1. The Balaban J connectivity index is 2.01. The second kappa shape index (κ2) is 6.16. The van der Waals surface area contributed by atoms with Crippen LogP contribution in [0.15, 0.2) is 24.3 Å². The summed E-state index contributed by atoms with van der Waals surface area (Å²) in [6.45, 7) is 0.364. The maximum Gasteiger partial charge on any atom is 0.310 e. The van der Waals surface area contributed by atoms with E-state index in [-0.39, 0.29) is 18.1 Å². The molecule has 1 aromatic rings. The Morgan fingerprint density at radius 1 is 1.29 bits per heavy atom. The van der Waals surface area contributed by atoms with Crippen LogP contribution in [0.2, 0.25) is 0 Å². The van der Waals surface area contributed by atoms with E-state index in [9.17, 15) is 19.8 Å². The maximum atomic E-state index is 12.3. The lowest BCUT2D eigenvalue weighted by atomic mass is 9.82. The predicted octanol–water partition coefficient (Wildman–Crippen LogP) is 2.39. The molecule has 0 aromatic heterocycles. The summed E-state index contributed by atoms with van der Waals surface area (Å²) in [7, 11) is 1.66. The number of aliphatic carboxylic acids is 1. The number of carbonyl (C=O) groups excluding carboxylic acids is 1. The number of carboxylic acid groups (broad SMARTS) is 1. The first-order chi connectivity index (χ1) is 9.93. The number of aromatic hydroxyl groups is 1. The van der Waals surface area contributed by atoms with Crippen molar-refractivity contribution in [1.82, 2.24) is 4.90 Å². The van der Waals surface area contributed by atoms with Crippen LogP contribution in [0.25, 0.3) is 0 Å². The van der Waals surface area contributed by atoms with Crippen molar-refractivity contribution < 1.29 is 19.8 Å². The highest BCUT2D eigenvalue weighted by molar-refractivity contribution is 5.85. The molecule has 0 atom stereocenters. The molecule has 21 heavy (non-hydrogen) atoms. The number of benzene rings is 1. The average Bonchev–Trinajstić information content (AvgIpc) is 2.88. The molecule has 0 aliphatic heterocycles. The van der Waals surface area contributed by atoms with E-state index in [0.29, 0.717) is 19.4 Å². The topological polar surface area (TPSA) is 77.8 Å². The molecule has 0 bridgehead atoms. The van der Waals surface area contributed by atoms with E-state index in [2.05, 4.69) is 0 Å². The summed E-state index contributed by atoms with van der Waals surface area (Å²) in [4.78, 5) is 25.3. The van der Waals surface area contributed by atoms with E-state index in [1.807, 2.05) is 6.07 Å². The van der Waals surface area contributed by atoms with Gasteiger partial charge < -0.3 is 15.1 Å². The number of phenols is 1. The van der Waals surface area contributed by atoms with Crippen molar-refractivity contribution in [3.05, 3.63) is 29.8 Å². The van der Waals surface area contributed by atoms with E-state index in [1.165, 1.54) is 4.90 Å². The highest BCUT2D eigenvalue weighted by atomic mass is 16.4. The van der Waals surface area contributed by atoms with Gasteiger partial charge in [0.25, 0.3) is 0 Å². The minimum absolute atomic E-state index is 0.0532. The standard InChI is InChI=1S/C16H21NO4/c1-17(11-12-5-4-6-13(18)9-12)14(19)10-16(15(20)21)7-2-3-8-16/h4-6,9,18H,2-3,7-8,10-11H2,1H3,(H,20,21). The average molecular weight is 291 g/mol. The van der Waals surface area contributed by atoms with Gasteiger partial charge in [0, 0.05) is 20.0 Å². The van der Waals surface area contributed by atoms with Crippen LogP contribution in [0, 0.1) is 5.41 Å². The largest absolute Gasteiger partial charge is 0.508 e. The van der Waals surface area contributed by atoms with Crippen molar-refractivity contribution in [2.24, 2.45) is 5.41 Å². The van der Waals surface area contributed by atoms with Crippen molar-refractivity contribution in [2.45, 2.75) is 38.6 Å². The molecular weight excluding hydrogens is 270 g/mol. The summed E-state index contributed by atoms with van der Waals surface area (Å²) >= 11 is 0. The molecule has 1 saturated carbocycles.